The zero-order chi connectivity index (χ0) is 7.40. The van der Waals surface area contributed by atoms with Gasteiger partial charge in [0.25, 0.3) is 0 Å². The van der Waals surface area contributed by atoms with E-state index in [1.807, 2.05) is 13.0 Å². The molecule has 0 radical (unpaired) electrons. The van der Waals surface area contributed by atoms with Crippen LogP contribution in [0, 0.1) is 0 Å². The van der Waals surface area contributed by atoms with E-state index in [0.29, 0.717) is 6.61 Å². The number of hydrogen-bond donors (Lipinski definition) is 0. The van der Waals surface area contributed by atoms with Crippen molar-refractivity contribution in [2.75, 3.05) is 6.61 Å². The van der Waals surface area contributed by atoms with Crippen LogP contribution >= 0.6 is 0 Å². The summed E-state index contributed by atoms with van der Waals surface area (Å²) in [6.07, 6.45) is 4.77. The quantitative estimate of drug-likeness (QED) is 0.557. The first-order valence-electron chi connectivity index (χ1n) is 3.70. The maximum atomic E-state index is 10.9. The SMILES string of the molecule is CCCOC(=O)C1=CCC1. The molecular weight excluding hydrogens is 128 g/mol. The fraction of sp³-hybridized carbons (Fsp3) is 0.625. The molecule has 0 aliphatic heterocycles. The Morgan fingerprint density at radius 1 is 1.80 bits per heavy atom. The summed E-state index contributed by atoms with van der Waals surface area (Å²) in [6, 6.07) is 0. The summed E-state index contributed by atoms with van der Waals surface area (Å²) in [4.78, 5) is 10.9. The summed E-state index contributed by atoms with van der Waals surface area (Å²) in [5, 5.41) is 0. The lowest BCUT2D eigenvalue weighted by atomic mass is 10.00. The van der Waals surface area contributed by atoms with Crippen molar-refractivity contribution in [3.63, 3.8) is 0 Å². The van der Waals surface area contributed by atoms with E-state index >= 15 is 0 Å². The molecular formula is C8H12O2. The molecule has 0 aromatic rings. The molecule has 0 fully saturated rings. The third kappa shape index (κ3) is 1.59. The minimum atomic E-state index is -0.117. The van der Waals surface area contributed by atoms with Gasteiger partial charge in [0, 0.05) is 5.57 Å². The molecule has 0 spiro atoms. The van der Waals surface area contributed by atoms with Gasteiger partial charge in [-0.2, -0.15) is 0 Å². The van der Waals surface area contributed by atoms with Crippen LogP contribution in [0.25, 0.3) is 0 Å². The smallest absolute Gasteiger partial charge is 0.333 e. The highest BCUT2D eigenvalue weighted by Crippen LogP contribution is 2.18. The molecule has 0 atom stereocenters. The van der Waals surface area contributed by atoms with Crippen molar-refractivity contribution in [3.8, 4) is 0 Å². The summed E-state index contributed by atoms with van der Waals surface area (Å²) in [7, 11) is 0. The Bertz CT molecular complexity index is 159. The first kappa shape index (κ1) is 7.32. The molecule has 0 aromatic heterocycles. The Balaban J connectivity index is 2.21. The zero-order valence-electron chi connectivity index (χ0n) is 6.22. The Labute approximate surface area is 60.9 Å². The van der Waals surface area contributed by atoms with Gasteiger partial charge < -0.3 is 4.74 Å². The van der Waals surface area contributed by atoms with E-state index in [9.17, 15) is 4.79 Å². The van der Waals surface area contributed by atoms with Crippen LogP contribution in [0.2, 0.25) is 0 Å². The second-order valence-electron chi connectivity index (χ2n) is 2.40. The van der Waals surface area contributed by atoms with E-state index in [4.69, 9.17) is 4.74 Å². The van der Waals surface area contributed by atoms with Crippen LogP contribution in [0.4, 0.5) is 0 Å². The Kier molecular flexibility index (Phi) is 2.49. The van der Waals surface area contributed by atoms with Crippen molar-refractivity contribution in [3.05, 3.63) is 11.6 Å². The number of carbonyl (C=O) groups is 1. The second kappa shape index (κ2) is 3.40. The predicted octanol–water partition coefficient (Wildman–Crippen LogP) is 1.66. The van der Waals surface area contributed by atoms with Gasteiger partial charge >= 0.3 is 5.97 Å². The normalized spacial score (nSPS) is 15.5. The molecule has 0 bridgehead atoms. The molecule has 1 aliphatic carbocycles. The van der Waals surface area contributed by atoms with Crippen molar-refractivity contribution < 1.29 is 9.53 Å². The minimum Gasteiger partial charge on any atom is -0.462 e. The van der Waals surface area contributed by atoms with Crippen LogP contribution in [0.1, 0.15) is 26.2 Å². The fourth-order valence-electron chi connectivity index (χ4n) is 0.762. The van der Waals surface area contributed by atoms with Crippen LogP contribution in [0.15, 0.2) is 11.6 Å². The summed E-state index contributed by atoms with van der Waals surface area (Å²) in [6.45, 7) is 2.54. The van der Waals surface area contributed by atoms with Gasteiger partial charge in [-0.15, -0.1) is 0 Å². The number of carbonyl (C=O) groups excluding carboxylic acids is 1. The van der Waals surface area contributed by atoms with Gasteiger partial charge in [0.2, 0.25) is 0 Å². The average Bonchev–Trinajstić information content (AvgIpc) is 1.79. The highest BCUT2D eigenvalue weighted by Gasteiger charge is 2.14. The first-order valence-corrected chi connectivity index (χ1v) is 3.70. The fourth-order valence-corrected chi connectivity index (χ4v) is 0.762. The van der Waals surface area contributed by atoms with Crippen LogP contribution in [-0.2, 0) is 9.53 Å². The van der Waals surface area contributed by atoms with Crippen LogP contribution in [0.3, 0.4) is 0 Å². The summed E-state index contributed by atoms with van der Waals surface area (Å²) in [5.41, 5.74) is 0.855. The van der Waals surface area contributed by atoms with Gasteiger partial charge in [-0.3, -0.25) is 0 Å². The Morgan fingerprint density at radius 3 is 2.90 bits per heavy atom. The highest BCUT2D eigenvalue weighted by atomic mass is 16.5. The molecule has 10 heavy (non-hydrogen) atoms. The minimum absolute atomic E-state index is 0.117. The molecule has 0 saturated heterocycles. The third-order valence-electron chi connectivity index (χ3n) is 1.50. The van der Waals surface area contributed by atoms with Gasteiger partial charge in [-0.1, -0.05) is 13.0 Å². The van der Waals surface area contributed by atoms with E-state index in [1.165, 1.54) is 0 Å². The standard InChI is InChI=1S/C8H12O2/c1-2-6-10-8(9)7-4-3-5-7/h4H,2-3,5-6H2,1H3. The van der Waals surface area contributed by atoms with Crippen molar-refractivity contribution in [1.82, 2.24) is 0 Å². The van der Waals surface area contributed by atoms with Crippen LogP contribution < -0.4 is 0 Å². The van der Waals surface area contributed by atoms with Crippen LogP contribution in [0.5, 0.6) is 0 Å². The first-order chi connectivity index (χ1) is 4.84. The van der Waals surface area contributed by atoms with Gasteiger partial charge in [0.1, 0.15) is 0 Å². The van der Waals surface area contributed by atoms with E-state index in [0.717, 1.165) is 24.8 Å². The van der Waals surface area contributed by atoms with Crippen molar-refractivity contribution in [1.29, 1.82) is 0 Å². The van der Waals surface area contributed by atoms with Gasteiger partial charge in [-0.05, 0) is 19.3 Å². The largest absolute Gasteiger partial charge is 0.462 e. The van der Waals surface area contributed by atoms with Gasteiger partial charge in [0.15, 0.2) is 0 Å². The summed E-state index contributed by atoms with van der Waals surface area (Å²) in [5.74, 6) is -0.117. The molecule has 0 amide bonds. The predicted molar refractivity (Wildman–Crippen MR) is 38.6 cm³/mol. The topological polar surface area (TPSA) is 26.3 Å². The van der Waals surface area contributed by atoms with E-state index in [-0.39, 0.29) is 5.97 Å². The van der Waals surface area contributed by atoms with Crippen molar-refractivity contribution >= 4 is 5.97 Å². The highest BCUT2D eigenvalue weighted by molar-refractivity contribution is 5.89. The van der Waals surface area contributed by atoms with Gasteiger partial charge in [-0.25, -0.2) is 4.79 Å². The van der Waals surface area contributed by atoms with Gasteiger partial charge in [0.05, 0.1) is 6.61 Å². The lowest BCUT2D eigenvalue weighted by Crippen LogP contribution is -2.12. The van der Waals surface area contributed by atoms with Crippen molar-refractivity contribution in [2.45, 2.75) is 26.2 Å². The lowest BCUT2D eigenvalue weighted by Gasteiger charge is -2.12. The molecule has 0 saturated carbocycles. The molecule has 1 aliphatic rings. The number of ether oxygens (including phenoxy) is 1. The average molecular weight is 140 g/mol. The monoisotopic (exact) mass is 140 g/mol. The molecule has 0 unspecified atom stereocenters. The molecule has 0 aromatic carbocycles. The molecule has 1 rings (SSSR count). The number of allylic oxidation sites excluding steroid dienone is 1. The number of hydrogen-bond acceptors (Lipinski definition) is 2. The number of rotatable bonds is 3. The second-order valence-corrected chi connectivity index (χ2v) is 2.40. The molecule has 56 valence electrons. The van der Waals surface area contributed by atoms with Crippen LogP contribution in [-0.4, -0.2) is 12.6 Å². The third-order valence-corrected chi connectivity index (χ3v) is 1.50. The molecule has 0 N–H and O–H groups in total. The Morgan fingerprint density at radius 2 is 2.50 bits per heavy atom. The van der Waals surface area contributed by atoms with E-state index < -0.39 is 0 Å². The van der Waals surface area contributed by atoms with E-state index in [2.05, 4.69) is 0 Å². The lowest BCUT2D eigenvalue weighted by molar-refractivity contribution is -0.139. The summed E-state index contributed by atoms with van der Waals surface area (Å²) >= 11 is 0. The maximum absolute atomic E-state index is 10.9. The molecule has 2 heteroatoms. The maximum Gasteiger partial charge on any atom is 0.333 e. The zero-order valence-corrected chi connectivity index (χ0v) is 6.22. The molecule has 0 heterocycles. The van der Waals surface area contributed by atoms with E-state index in [1.54, 1.807) is 0 Å². The molecule has 2 nitrogen and oxygen atoms in total. The number of esters is 1. The summed E-state index contributed by atoms with van der Waals surface area (Å²) < 4.78 is 4.89. The van der Waals surface area contributed by atoms with Crippen molar-refractivity contribution in [2.24, 2.45) is 0 Å². The Hall–Kier alpha value is -0.790.